The molecule has 56 valence electrons. The first-order valence-electron chi connectivity index (χ1n) is 3.62. The third-order valence-corrected chi connectivity index (χ3v) is 1.55. The summed E-state index contributed by atoms with van der Waals surface area (Å²) in [7, 11) is 0. The normalized spacial score (nSPS) is 10.2. The summed E-state index contributed by atoms with van der Waals surface area (Å²) in [6, 6.07) is 2.02. The smallest absolute Gasteiger partial charge is 0.0757 e. The fourth-order valence-electron chi connectivity index (χ4n) is 0.894. The molecule has 0 aromatic carbocycles. The molecule has 0 spiro atoms. The molecular weight excluding hydrogens is 126 g/mol. The molecule has 10 heavy (non-hydrogen) atoms. The Labute approximate surface area is 60.8 Å². The topological polar surface area (TPSA) is 45.5 Å². The van der Waals surface area contributed by atoms with Crippen molar-refractivity contribution >= 4 is 0 Å². The van der Waals surface area contributed by atoms with E-state index in [9.17, 15) is 0 Å². The van der Waals surface area contributed by atoms with Gasteiger partial charge in [0.05, 0.1) is 6.54 Å². The van der Waals surface area contributed by atoms with Gasteiger partial charge in [-0.25, -0.2) is 0 Å². The van der Waals surface area contributed by atoms with E-state index in [-0.39, 0.29) is 0 Å². The molecule has 0 aliphatic rings. The molecular formula is C7H14N3+. The van der Waals surface area contributed by atoms with Crippen LogP contribution in [0.2, 0.25) is 0 Å². The van der Waals surface area contributed by atoms with Crippen LogP contribution < -0.4 is 5.73 Å². The number of aromatic nitrogens is 2. The van der Waals surface area contributed by atoms with Gasteiger partial charge in [0.1, 0.15) is 0 Å². The number of nitrogens with zero attached hydrogens (tertiary/aromatic N) is 2. The second-order valence-electron chi connectivity index (χ2n) is 2.40. The molecule has 1 rings (SSSR count). The van der Waals surface area contributed by atoms with Crippen LogP contribution in [0.4, 0.5) is 0 Å². The molecule has 0 saturated carbocycles. The van der Waals surface area contributed by atoms with Gasteiger partial charge in [0, 0.05) is 24.9 Å². The van der Waals surface area contributed by atoms with Crippen LogP contribution >= 0.6 is 0 Å². The summed E-state index contributed by atoms with van der Waals surface area (Å²) in [5.74, 6) is 0. The Morgan fingerprint density at radius 1 is 1.70 bits per heavy atom. The lowest BCUT2D eigenvalue weighted by molar-refractivity contribution is -0.368. The van der Waals surface area contributed by atoms with Crippen molar-refractivity contribution in [3.05, 3.63) is 18.0 Å². The van der Waals surface area contributed by atoms with Gasteiger partial charge >= 0.3 is 0 Å². The Morgan fingerprint density at radius 3 is 3.00 bits per heavy atom. The molecule has 1 aromatic heterocycles. The van der Waals surface area contributed by atoms with Crippen molar-refractivity contribution in [3.8, 4) is 0 Å². The van der Waals surface area contributed by atoms with Crippen LogP contribution in [0.15, 0.2) is 12.3 Å². The second kappa shape index (κ2) is 3.37. The first-order chi connectivity index (χ1) is 4.84. The highest BCUT2D eigenvalue weighted by Gasteiger charge is 1.94. The summed E-state index contributed by atoms with van der Waals surface area (Å²) in [5.41, 5.74) is 5.00. The molecule has 0 atom stereocenters. The molecule has 0 unspecified atom stereocenters. The molecule has 3 nitrogen and oxygen atoms in total. The minimum absolute atomic E-state index is 0.985. The van der Waals surface area contributed by atoms with Crippen LogP contribution in [0.1, 0.15) is 12.1 Å². The summed E-state index contributed by atoms with van der Waals surface area (Å²) in [6.45, 7) is 4.05. The quantitative estimate of drug-likeness (QED) is 0.622. The summed E-state index contributed by atoms with van der Waals surface area (Å²) in [6.07, 6.45) is 2.95. The highest BCUT2D eigenvalue weighted by molar-refractivity contribution is 4.96. The van der Waals surface area contributed by atoms with Crippen LogP contribution in [0.5, 0.6) is 0 Å². The van der Waals surface area contributed by atoms with Gasteiger partial charge in [-0.15, -0.1) is 0 Å². The maximum absolute atomic E-state index is 4.14. The predicted octanol–water partition coefficient (Wildman–Crippen LogP) is -0.176. The molecule has 0 aliphatic heterocycles. The van der Waals surface area contributed by atoms with Crippen molar-refractivity contribution in [2.75, 3.05) is 6.54 Å². The van der Waals surface area contributed by atoms with Gasteiger partial charge in [0.25, 0.3) is 0 Å². The van der Waals surface area contributed by atoms with Crippen LogP contribution in [0.3, 0.4) is 0 Å². The maximum atomic E-state index is 4.14. The van der Waals surface area contributed by atoms with Gasteiger partial charge < -0.3 is 5.73 Å². The van der Waals surface area contributed by atoms with Gasteiger partial charge in [-0.2, -0.15) is 5.10 Å². The van der Waals surface area contributed by atoms with Crippen molar-refractivity contribution in [1.29, 1.82) is 0 Å². The van der Waals surface area contributed by atoms with Gasteiger partial charge in [-0.3, -0.25) is 4.68 Å². The van der Waals surface area contributed by atoms with E-state index in [4.69, 9.17) is 0 Å². The van der Waals surface area contributed by atoms with Crippen LogP contribution in [0, 0.1) is 6.92 Å². The average molecular weight is 140 g/mol. The number of quaternary nitrogens is 1. The lowest BCUT2D eigenvalue weighted by Crippen LogP contribution is -2.50. The summed E-state index contributed by atoms with van der Waals surface area (Å²) in [4.78, 5) is 0. The Balaban J connectivity index is 2.49. The highest BCUT2D eigenvalue weighted by atomic mass is 15.3. The highest BCUT2D eigenvalue weighted by Crippen LogP contribution is 1.95. The molecule has 3 N–H and O–H groups in total. The van der Waals surface area contributed by atoms with E-state index in [1.165, 1.54) is 5.69 Å². The van der Waals surface area contributed by atoms with Gasteiger partial charge in [-0.05, 0) is 13.0 Å². The Kier molecular flexibility index (Phi) is 2.45. The largest absolute Gasteiger partial charge is 0.358 e. The number of hydrogen-bond donors (Lipinski definition) is 1. The second-order valence-corrected chi connectivity index (χ2v) is 2.40. The van der Waals surface area contributed by atoms with Crippen molar-refractivity contribution in [1.82, 2.24) is 9.78 Å². The average Bonchev–Trinajstić information content (AvgIpc) is 2.31. The molecule has 0 aliphatic carbocycles. The zero-order valence-electron chi connectivity index (χ0n) is 6.38. The van der Waals surface area contributed by atoms with Crippen molar-refractivity contribution in [2.24, 2.45) is 0 Å². The summed E-state index contributed by atoms with van der Waals surface area (Å²) >= 11 is 0. The van der Waals surface area contributed by atoms with E-state index in [1.807, 2.05) is 16.9 Å². The van der Waals surface area contributed by atoms with Gasteiger partial charge in [0.15, 0.2) is 0 Å². The minimum Gasteiger partial charge on any atom is -0.358 e. The van der Waals surface area contributed by atoms with E-state index in [1.54, 1.807) is 0 Å². The first kappa shape index (κ1) is 7.28. The van der Waals surface area contributed by atoms with Gasteiger partial charge in [0.2, 0.25) is 0 Å². The lowest BCUT2D eigenvalue weighted by atomic mass is 10.4. The predicted molar refractivity (Wildman–Crippen MR) is 39.3 cm³/mol. The third kappa shape index (κ3) is 1.57. The monoisotopic (exact) mass is 140 g/mol. The summed E-state index contributed by atoms with van der Waals surface area (Å²) < 4.78 is 2.01. The molecule has 0 fully saturated rings. The zero-order chi connectivity index (χ0) is 7.40. The molecule has 0 bridgehead atoms. The number of aryl methyl sites for hydroxylation is 2. The molecule has 0 radical (unpaired) electrons. The van der Waals surface area contributed by atoms with Crippen LogP contribution in [-0.2, 0) is 6.54 Å². The van der Waals surface area contributed by atoms with E-state index in [2.05, 4.69) is 17.8 Å². The fourth-order valence-corrected chi connectivity index (χ4v) is 0.894. The van der Waals surface area contributed by atoms with E-state index in [0.29, 0.717) is 0 Å². The minimum atomic E-state index is 0.985. The number of rotatable bonds is 3. The van der Waals surface area contributed by atoms with Crippen molar-refractivity contribution in [2.45, 2.75) is 19.9 Å². The van der Waals surface area contributed by atoms with Gasteiger partial charge in [-0.1, -0.05) is 0 Å². The Morgan fingerprint density at radius 2 is 2.50 bits per heavy atom. The third-order valence-electron chi connectivity index (χ3n) is 1.55. The molecule has 0 amide bonds. The summed E-state index contributed by atoms with van der Waals surface area (Å²) in [5, 5.41) is 4.14. The lowest BCUT2D eigenvalue weighted by Gasteiger charge is -1.99. The molecule has 3 heteroatoms. The Bertz CT molecular complexity index is 192. The SMILES string of the molecule is Cc1ccnn1CCC[NH3+]. The van der Waals surface area contributed by atoms with Crippen LogP contribution in [0.25, 0.3) is 0 Å². The van der Waals surface area contributed by atoms with Crippen molar-refractivity contribution < 1.29 is 5.73 Å². The molecule has 1 heterocycles. The maximum Gasteiger partial charge on any atom is 0.0757 e. The zero-order valence-corrected chi connectivity index (χ0v) is 6.38. The fraction of sp³-hybridized carbons (Fsp3) is 0.571. The Hall–Kier alpha value is -0.830. The first-order valence-corrected chi connectivity index (χ1v) is 3.62. The standard InChI is InChI=1S/C7H13N3/c1-7-3-5-9-10(7)6-2-4-8/h3,5H,2,4,6,8H2,1H3/p+1. The van der Waals surface area contributed by atoms with Crippen molar-refractivity contribution in [3.63, 3.8) is 0 Å². The number of hydrogen-bond acceptors (Lipinski definition) is 1. The van der Waals surface area contributed by atoms with Crippen LogP contribution in [-0.4, -0.2) is 16.3 Å². The van der Waals surface area contributed by atoms with E-state index < -0.39 is 0 Å². The molecule has 1 aromatic rings. The van der Waals surface area contributed by atoms with E-state index >= 15 is 0 Å². The molecule has 0 saturated heterocycles. The van der Waals surface area contributed by atoms with E-state index in [0.717, 1.165) is 19.5 Å².